The van der Waals surface area contributed by atoms with Crippen LogP contribution < -0.4 is 10.6 Å². The highest BCUT2D eigenvalue weighted by Crippen LogP contribution is 2.15. The Morgan fingerprint density at radius 2 is 2.12 bits per heavy atom. The lowest BCUT2D eigenvalue weighted by atomic mass is 9.98. The maximum Gasteiger partial charge on any atom is 0.313 e. The smallest absolute Gasteiger partial charge is 0.313 e. The van der Waals surface area contributed by atoms with Gasteiger partial charge in [-0.05, 0) is 33.0 Å². The van der Waals surface area contributed by atoms with Gasteiger partial charge in [-0.15, -0.1) is 0 Å². The van der Waals surface area contributed by atoms with E-state index in [-0.39, 0.29) is 12.7 Å². The van der Waals surface area contributed by atoms with Crippen molar-refractivity contribution < 1.29 is 14.3 Å². The Kier molecular flexibility index (Phi) is 7.15. The molecule has 9 heteroatoms. The number of hydrogen-bond acceptors (Lipinski definition) is 6. The van der Waals surface area contributed by atoms with Gasteiger partial charge in [0.2, 0.25) is 0 Å². The fraction of sp³-hybridized carbons (Fsp3) is 0.688. The molecule has 0 atom stereocenters. The summed E-state index contributed by atoms with van der Waals surface area (Å²) < 4.78 is 12.1. The monoisotopic (exact) mass is 369 g/mol. The maximum atomic E-state index is 11.7. The summed E-state index contributed by atoms with van der Waals surface area (Å²) in [7, 11) is 0. The van der Waals surface area contributed by atoms with Gasteiger partial charge in [0.05, 0.1) is 36.7 Å². The van der Waals surface area contributed by atoms with Crippen molar-refractivity contribution in [3.63, 3.8) is 0 Å². The van der Waals surface area contributed by atoms with Gasteiger partial charge < -0.3 is 20.1 Å². The highest BCUT2D eigenvalue weighted by Gasteiger charge is 2.23. The fourth-order valence-corrected chi connectivity index (χ4v) is 2.39. The number of carbonyl (C=O) groups is 1. The van der Waals surface area contributed by atoms with Gasteiger partial charge >= 0.3 is 5.97 Å². The summed E-state index contributed by atoms with van der Waals surface area (Å²) in [5.74, 6) is -0.266. The summed E-state index contributed by atoms with van der Waals surface area (Å²) >= 11 is 5.28. The number of esters is 1. The summed E-state index contributed by atoms with van der Waals surface area (Å²) in [4.78, 5) is 14.1. The van der Waals surface area contributed by atoms with Gasteiger partial charge in [0, 0.05) is 26.2 Å². The summed E-state index contributed by atoms with van der Waals surface area (Å²) in [6.45, 7) is 10.7. The number of morpholine rings is 1. The number of carbonyl (C=O) groups excluding carboxylic acids is 1. The molecule has 0 unspecified atom stereocenters. The standard InChI is InChI=1S/C16H27N5O3S/c1-16(2,3)14(22)24-12-21-11-13(10-18-21)19-15(25)17-4-5-20-6-8-23-9-7-20/h10-11H,4-9,12H2,1-3H3,(H2,17,19,25). The zero-order valence-electron chi connectivity index (χ0n) is 15.1. The molecule has 25 heavy (non-hydrogen) atoms. The van der Waals surface area contributed by atoms with Crippen molar-refractivity contribution in [3.8, 4) is 0 Å². The third-order valence-corrected chi connectivity index (χ3v) is 3.90. The predicted octanol–water partition coefficient (Wildman–Crippen LogP) is 1.05. The molecule has 1 aromatic heterocycles. The van der Waals surface area contributed by atoms with Crippen LogP contribution in [0.5, 0.6) is 0 Å². The molecule has 0 aliphatic carbocycles. The van der Waals surface area contributed by atoms with E-state index in [1.54, 1.807) is 17.1 Å². The molecule has 0 spiro atoms. The van der Waals surface area contributed by atoms with E-state index in [2.05, 4.69) is 20.6 Å². The van der Waals surface area contributed by atoms with E-state index < -0.39 is 5.41 Å². The summed E-state index contributed by atoms with van der Waals surface area (Å²) in [5.41, 5.74) is 0.218. The summed E-state index contributed by atoms with van der Waals surface area (Å²) in [6, 6.07) is 0. The lowest BCUT2D eigenvalue weighted by Gasteiger charge is -2.26. The Bertz CT molecular complexity index is 579. The van der Waals surface area contributed by atoms with Crippen LogP contribution in [0, 0.1) is 5.41 Å². The van der Waals surface area contributed by atoms with Gasteiger partial charge in [0.25, 0.3) is 0 Å². The molecule has 0 bridgehead atoms. The fourth-order valence-electron chi connectivity index (χ4n) is 2.17. The van der Waals surface area contributed by atoms with Crippen LogP contribution in [0.4, 0.5) is 5.69 Å². The molecule has 0 amide bonds. The van der Waals surface area contributed by atoms with Crippen molar-refractivity contribution in [2.45, 2.75) is 27.5 Å². The number of thiocarbonyl (C=S) groups is 1. The normalized spacial score (nSPS) is 15.6. The molecular formula is C16H27N5O3S. The van der Waals surface area contributed by atoms with Crippen LogP contribution in [-0.4, -0.2) is 65.2 Å². The molecule has 2 N–H and O–H groups in total. The van der Waals surface area contributed by atoms with E-state index in [0.717, 1.165) is 45.1 Å². The van der Waals surface area contributed by atoms with Crippen LogP contribution in [0.25, 0.3) is 0 Å². The number of nitrogens with zero attached hydrogens (tertiary/aromatic N) is 3. The Balaban J connectivity index is 1.67. The van der Waals surface area contributed by atoms with Crippen molar-refractivity contribution in [3.05, 3.63) is 12.4 Å². The minimum absolute atomic E-state index is 0.0784. The van der Waals surface area contributed by atoms with E-state index in [0.29, 0.717) is 5.11 Å². The second kappa shape index (κ2) is 9.12. The largest absolute Gasteiger partial charge is 0.442 e. The van der Waals surface area contributed by atoms with Gasteiger partial charge in [0.15, 0.2) is 11.8 Å². The van der Waals surface area contributed by atoms with Crippen molar-refractivity contribution in [2.24, 2.45) is 5.41 Å². The quantitative estimate of drug-likeness (QED) is 0.569. The van der Waals surface area contributed by atoms with Crippen LogP contribution in [-0.2, 0) is 21.0 Å². The Labute approximate surface area is 153 Å². The molecule has 2 heterocycles. The minimum atomic E-state index is -0.528. The molecule has 1 fully saturated rings. The Hall–Kier alpha value is -1.71. The second-order valence-corrected chi connectivity index (χ2v) is 7.32. The van der Waals surface area contributed by atoms with E-state index in [1.165, 1.54) is 0 Å². The Morgan fingerprint density at radius 1 is 1.40 bits per heavy atom. The molecule has 8 nitrogen and oxygen atoms in total. The van der Waals surface area contributed by atoms with Gasteiger partial charge in [-0.1, -0.05) is 0 Å². The lowest BCUT2D eigenvalue weighted by molar-refractivity contribution is -0.157. The molecule has 1 aliphatic rings. The molecule has 0 aromatic carbocycles. The summed E-state index contributed by atoms with van der Waals surface area (Å²) in [5, 5.41) is 10.9. The van der Waals surface area contributed by atoms with Crippen LogP contribution in [0.15, 0.2) is 12.4 Å². The molecule has 2 rings (SSSR count). The van der Waals surface area contributed by atoms with E-state index in [4.69, 9.17) is 21.7 Å². The maximum absolute atomic E-state index is 11.7. The number of hydrogen-bond donors (Lipinski definition) is 2. The van der Waals surface area contributed by atoms with Crippen molar-refractivity contribution >= 4 is 29.0 Å². The van der Waals surface area contributed by atoms with Crippen molar-refractivity contribution in [1.29, 1.82) is 0 Å². The number of rotatable bonds is 6. The first-order chi connectivity index (χ1) is 11.8. The number of ether oxygens (including phenoxy) is 2. The van der Waals surface area contributed by atoms with Gasteiger partial charge in [-0.2, -0.15) is 5.10 Å². The summed E-state index contributed by atoms with van der Waals surface area (Å²) in [6.07, 6.45) is 3.38. The lowest BCUT2D eigenvalue weighted by Crippen LogP contribution is -2.42. The van der Waals surface area contributed by atoms with Crippen LogP contribution in [0.2, 0.25) is 0 Å². The first-order valence-electron chi connectivity index (χ1n) is 8.39. The van der Waals surface area contributed by atoms with Crippen molar-refractivity contribution in [2.75, 3.05) is 44.7 Å². The zero-order valence-corrected chi connectivity index (χ0v) is 15.9. The van der Waals surface area contributed by atoms with Crippen molar-refractivity contribution in [1.82, 2.24) is 20.0 Å². The van der Waals surface area contributed by atoms with E-state index >= 15 is 0 Å². The average molecular weight is 369 g/mol. The highest BCUT2D eigenvalue weighted by molar-refractivity contribution is 7.80. The van der Waals surface area contributed by atoms with Crippen LogP contribution >= 0.6 is 12.2 Å². The molecule has 1 aliphatic heterocycles. The Morgan fingerprint density at radius 3 is 2.80 bits per heavy atom. The third-order valence-electron chi connectivity index (χ3n) is 3.65. The zero-order chi connectivity index (χ0) is 18.3. The van der Waals surface area contributed by atoms with Gasteiger partial charge in [-0.3, -0.25) is 9.69 Å². The molecular weight excluding hydrogens is 342 g/mol. The molecule has 140 valence electrons. The first kappa shape index (κ1) is 19.6. The molecule has 0 radical (unpaired) electrons. The number of aromatic nitrogens is 2. The topological polar surface area (TPSA) is 80.7 Å². The van der Waals surface area contributed by atoms with Crippen LogP contribution in [0.1, 0.15) is 20.8 Å². The molecule has 0 saturated carbocycles. The third kappa shape index (κ3) is 6.97. The minimum Gasteiger partial charge on any atom is -0.442 e. The second-order valence-electron chi connectivity index (χ2n) is 6.91. The number of nitrogens with one attached hydrogen (secondary N) is 2. The average Bonchev–Trinajstić information content (AvgIpc) is 3.00. The van der Waals surface area contributed by atoms with Crippen LogP contribution in [0.3, 0.4) is 0 Å². The SMILES string of the molecule is CC(C)(C)C(=O)OCn1cc(NC(=S)NCCN2CCOCC2)cn1. The van der Waals surface area contributed by atoms with Gasteiger partial charge in [0.1, 0.15) is 0 Å². The predicted molar refractivity (Wildman–Crippen MR) is 99.3 cm³/mol. The molecule has 1 saturated heterocycles. The van der Waals surface area contributed by atoms with E-state index in [9.17, 15) is 4.79 Å². The van der Waals surface area contributed by atoms with Gasteiger partial charge in [-0.25, -0.2) is 4.68 Å². The number of anilines is 1. The highest BCUT2D eigenvalue weighted by atomic mass is 32.1. The van der Waals surface area contributed by atoms with E-state index in [1.807, 2.05) is 20.8 Å². The molecule has 1 aromatic rings. The first-order valence-corrected chi connectivity index (χ1v) is 8.80.